The van der Waals surface area contributed by atoms with E-state index >= 15 is 0 Å². The van der Waals surface area contributed by atoms with E-state index in [0.29, 0.717) is 0 Å². The number of hydrogen-bond donors (Lipinski definition) is 0. The van der Waals surface area contributed by atoms with Gasteiger partial charge in [-0.1, -0.05) is 0 Å². The Morgan fingerprint density at radius 1 is 1.08 bits per heavy atom. The highest BCUT2D eigenvalue weighted by molar-refractivity contribution is 7.17. The number of fused-ring (bicyclic) bond motifs is 1. The first-order valence-corrected chi connectivity index (χ1v) is 8.87. The molecule has 0 radical (unpaired) electrons. The number of ether oxygens (including phenoxy) is 1. The number of piperazine rings is 1. The summed E-state index contributed by atoms with van der Waals surface area (Å²) in [7, 11) is 1.34. The fraction of sp³-hybridized carbons (Fsp3) is 0.294. The molecule has 1 fully saturated rings. The summed E-state index contributed by atoms with van der Waals surface area (Å²) in [5.74, 6) is 0.416. The third-order valence-electron chi connectivity index (χ3n) is 4.26. The zero-order valence-electron chi connectivity index (χ0n) is 13.8. The Morgan fingerprint density at radius 2 is 1.80 bits per heavy atom. The molecule has 4 heterocycles. The van der Waals surface area contributed by atoms with Crippen LogP contribution in [0.15, 0.2) is 36.0 Å². The van der Waals surface area contributed by atoms with Crippen molar-refractivity contribution in [3.05, 3.63) is 41.8 Å². The maximum Gasteiger partial charge on any atom is 0.376 e. The van der Waals surface area contributed by atoms with Crippen LogP contribution in [0.4, 0.5) is 11.5 Å². The molecule has 1 saturated heterocycles. The maximum atomic E-state index is 11.9. The highest BCUT2D eigenvalue weighted by atomic mass is 32.1. The first-order valence-electron chi connectivity index (χ1n) is 8.00. The average molecular weight is 355 g/mol. The molecule has 0 unspecified atom stereocenters. The van der Waals surface area contributed by atoms with E-state index in [0.717, 1.165) is 42.2 Å². The van der Waals surface area contributed by atoms with E-state index in [2.05, 4.69) is 24.8 Å². The van der Waals surface area contributed by atoms with Crippen LogP contribution in [0.3, 0.4) is 0 Å². The quantitative estimate of drug-likeness (QED) is 0.667. The van der Waals surface area contributed by atoms with Gasteiger partial charge in [-0.25, -0.2) is 14.8 Å². The zero-order valence-corrected chi connectivity index (χ0v) is 14.6. The van der Waals surface area contributed by atoms with Crippen LogP contribution in [0.2, 0.25) is 0 Å². The maximum absolute atomic E-state index is 11.9. The van der Waals surface area contributed by atoms with Gasteiger partial charge in [0.1, 0.15) is 0 Å². The first kappa shape index (κ1) is 15.8. The van der Waals surface area contributed by atoms with Crippen LogP contribution in [0.1, 0.15) is 10.6 Å². The standard InChI is InChI=1S/C17H17N5O2S/c1-24-17(23)15-19-13-4-11-25-14(13)16(20-15)22-9-7-21(8-10-22)12-2-5-18-6-3-12/h2-6,11H,7-10H2,1H3. The van der Waals surface area contributed by atoms with E-state index < -0.39 is 5.97 Å². The molecular formula is C17H17N5O2S. The number of nitrogens with zero attached hydrogens (tertiary/aromatic N) is 5. The summed E-state index contributed by atoms with van der Waals surface area (Å²) in [6.07, 6.45) is 3.62. The van der Waals surface area contributed by atoms with Crippen molar-refractivity contribution in [1.29, 1.82) is 0 Å². The van der Waals surface area contributed by atoms with Crippen molar-refractivity contribution in [3.8, 4) is 0 Å². The Hall–Kier alpha value is -2.74. The molecule has 0 aliphatic carbocycles. The van der Waals surface area contributed by atoms with Gasteiger partial charge >= 0.3 is 5.97 Å². The number of anilines is 2. The normalized spacial score (nSPS) is 14.8. The van der Waals surface area contributed by atoms with E-state index in [1.165, 1.54) is 12.8 Å². The van der Waals surface area contributed by atoms with Gasteiger partial charge in [0.25, 0.3) is 0 Å². The minimum Gasteiger partial charge on any atom is -0.463 e. The van der Waals surface area contributed by atoms with E-state index in [4.69, 9.17) is 4.74 Å². The van der Waals surface area contributed by atoms with Gasteiger partial charge in [-0.05, 0) is 23.6 Å². The van der Waals surface area contributed by atoms with Gasteiger partial charge in [-0.2, -0.15) is 0 Å². The number of carbonyl (C=O) groups excluding carboxylic acids is 1. The van der Waals surface area contributed by atoms with Crippen molar-refractivity contribution < 1.29 is 9.53 Å². The third kappa shape index (κ3) is 3.00. The molecule has 3 aromatic heterocycles. The minimum absolute atomic E-state index is 0.111. The van der Waals surface area contributed by atoms with Crippen molar-refractivity contribution >= 4 is 39.0 Å². The second-order valence-electron chi connectivity index (χ2n) is 5.68. The summed E-state index contributed by atoms with van der Waals surface area (Å²) in [4.78, 5) is 29.3. The highest BCUT2D eigenvalue weighted by Crippen LogP contribution is 2.30. The van der Waals surface area contributed by atoms with Gasteiger partial charge in [-0.3, -0.25) is 4.98 Å². The van der Waals surface area contributed by atoms with E-state index in [1.54, 1.807) is 11.3 Å². The number of pyridine rings is 1. The van der Waals surface area contributed by atoms with Crippen LogP contribution < -0.4 is 9.80 Å². The van der Waals surface area contributed by atoms with Crippen LogP contribution in [0, 0.1) is 0 Å². The molecule has 7 nitrogen and oxygen atoms in total. The first-order chi connectivity index (χ1) is 12.3. The molecule has 0 spiro atoms. The summed E-state index contributed by atoms with van der Waals surface area (Å²) < 4.78 is 5.79. The molecule has 0 atom stereocenters. The number of thiophene rings is 1. The van der Waals surface area contributed by atoms with Gasteiger partial charge in [-0.15, -0.1) is 11.3 Å². The molecule has 0 saturated carbocycles. The van der Waals surface area contributed by atoms with Gasteiger partial charge < -0.3 is 14.5 Å². The average Bonchev–Trinajstić information content (AvgIpc) is 3.16. The van der Waals surface area contributed by atoms with Crippen molar-refractivity contribution in [2.75, 3.05) is 43.1 Å². The van der Waals surface area contributed by atoms with Crippen molar-refractivity contribution in [1.82, 2.24) is 15.0 Å². The second-order valence-corrected chi connectivity index (χ2v) is 6.59. The van der Waals surface area contributed by atoms with E-state index in [9.17, 15) is 4.79 Å². The molecule has 3 aromatic rings. The fourth-order valence-electron chi connectivity index (χ4n) is 2.98. The minimum atomic E-state index is -0.509. The lowest BCUT2D eigenvalue weighted by atomic mass is 10.2. The predicted octanol–water partition coefficient (Wildman–Crippen LogP) is 2.20. The summed E-state index contributed by atoms with van der Waals surface area (Å²) in [5.41, 5.74) is 1.96. The molecule has 25 heavy (non-hydrogen) atoms. The Bertz CT molecular complexity index is 890. The van der Waals surface area contributed by atoms with Crippen LogP contribution in [0.5, 0.6) is 0 Å². The lowest BCUT2D eigenvalue weighted by Gasteiger charge is -2.36. The fourth-order valence-corrected chi connectivity index (χ4v) is 3.82. The zero-order chi connectivity index (χ0) is 17.2. The number of esters is 1. The van der Waals surface area contributed by atoms with Crippen LogP contribution in [-0.4, -0.2) is 54.2 Å². The van der Waals surface area contributed by atoms with Crippen LogP contribution in [0.25, 0.3) is 10.2 Å². The lowest BCUT2D eigenvalue weighted by molar-refractivity contribution is 0.0587. The summed E-state index contributed by atoms with van der Waals surface area (Å²) in [6.45, 7) is 3.42. The molecule has 1 aliphatic rings. The van der Waals surface area contributed by atoms with Crippen molar-refractivity contribution in [2.45, 2.75) is 0 Å². The molecule has 4 rings (SSSR count). The monoisotopic (exact) mass is 355 g/mol. The van der Waals surface area contributed by atoms with Gasteiger partial charge in [0, 0.05) is 44.3 Å². The van der Waals surface area contributed by atoms with Crippen molar-refractivity contribution in [3.63, 3.8) is 0 Å². The molecule has 0 amide bonds. The number of methoxy groups -OCH3 is 1. The molecular weight excluding hydrogens is 338 g/mol. The third-order valence-corrected chi connectivity index (χ3v) is 5.16. The van der Waals surface area contributed by atoms with Crippen LogP contribution >= 0.6 is 11.3 Å². The summed E-state index contributed by atoms with van der Waals surface area (Å²) >= 11 is 1.59. The predicted molar refractivity (Wildman–Crippen MR) is 97.4 cm³/mol. The Kier molecular flexibility index (Phi) is 4.19. The number of rotatable bonds is 3. The molecule has 128 valence electrons. The largest absolute Gasteiger partial charge is 0.463 e. The van der Waals surface area contributed by atoms with Crippen molar-refractivity contribution in [2.24, 2.45) is 0 Å². The SMILES string of the molecule is COC(=O)c1nc(N2CCN(c3ccncc3)CC2)c2sccc2n1. The smallest absolute Gasteiger partial charge is 0.376 e. The van der Waals surface area contributed by atoms with Gasteiger partial charge in [0.05, 0.1) is 17.3 Å². The summed E-state index contributed by atoms with van der Waals surface area (Å²) in [5, 5.41) is 1.97. The number of hydrogen-bond acceptors (Lipinski definition) is 8. The van der Waals surface area contributed by atoms with Crippen LogP contribution in [-0.2, 0) is 4.74 Å². The lowest BCUT2D eigenvalue weighted by Crippen LogP contribution is -2.47. The molecule has 1 aliphatic heterocycles. The van der Waals surface area contributed by atoms with Gasteiger partial charge in [0.15, 0.2) is 5.82 Å². The van der Waals surface area contributed by atoms with Gasteiger partial charge in [0.2, 0.25) is 5.82 Å². The van der Waals surface area contributed by atoms with E-state index in [-0.39, 0.29) is 5.82 Å². The second kappa shape index (κ2) is 6.64. The molecule has 8 heteroatoms. The summed E-state index contributed by atoms with van der Waals surface area (Å²) in [6, 6.07) is 5.95. The molecule has 0 aromatic carbocycles. The number of carbonyl (C=O) groups is 1. The topological polar surface area (TPSA) is 71.5 Å². The number of aromatic nitrogens is 3. The van der Waals surface area contributed by atoms with E-state index in [1.807, 2.05) is 36.0 Å². The Morgan fingerprint density at radius 3 is 2.52 bits per heavy atom. The Labute approximate surface area is 148 Å². The Balaban J connectivity index is 1.60. The molecule has 0 N–H and O–H groups in total. The molecule has 0 bridgehead atoms. The highest BCUT2D eigenvalue weighted by Gasteiger charge is 2.23.